The molecule has 0 aliphatic carbocycles. The predicted octanol–water partition coefficient (Wildman–Crippen LogP) is 5.35. The van der Waals surface area contributed by atoms with Gasteiger partial charge in [0.2, 0.25) is 5.91 Å². The van der Waals surface area contributed by atoms with Crippen molar-refractivity contribution in [3.63, 3.8) is 0 Å². The van der Waals surface area contributed by atoms with Crippen LogP contribution in [0.2, 0.25) is 0 Å². The Morgan fingerprint density at radius 1 is 1.06 bits per heavy atom. The van der Waals surface area contributed by atoms with E-state index in [2.05, 4.69) is 10.3 Å². The minimum atomic E-state index is -0.286. The van der Waals surface area contributed by atoms with Gasteiger partial charge in [-0.05, 0) is 50.6 Å². The van der Waals surface area contributed by atoms with E-state index in [1.165, 1.54) is 15.9 Å². The minimum Gasteiger partial charge on any atom is -0.494 e. The molecule has 6 nitrogen and oxygen atoms in total. The number of benzene rings is 2. The first-order valence-corrected chi connectivity index (χ1v) is 11.9. The summed E-state index contributed by atoms with van der Waals surface area (Å²) in [6.45, 7) is 6.47. The summed E-state index contributed by atoms with van der Waals surface area (Å²) in [7, 11) is 0. The molecule has 4 rings (SSSR count). The fraction of sp³-hybridized carbons (Fsp3) is 0.208. The Labute approximate surface area is 194 Å². The highest BCUT2D eigenvalue weighted by Gasteiger charge is 2.16. The lowest BCUT2D eigenvalue weighted by atomic mass is 10.1. The standard InChI is InChI=1S/C24H23N3O3S2/c1-4-30-19-11-9-18(10-12-19)22-16(3)32-23(26-22)25-21(28)13-27-20(14-31-24(27)29)17-7-5-15(2)6-8-17/h5-12,14H,4,13H2,1-3H3,(H,25,26,28). The second kappa shape index (κ2) is 9.50. The molecule has 164 valence electrons. The third-order valence-electron chi connectivity index (χ3n) is 4.91. The maximum Gasteiger partial charge on any atom is 0.308 e. The predicted molar refractivity (Wildman–Crippen MR) is 131 cm³/mol. The molecular weight excluding hydrogens is 442 g/mol. The Kier molecular flexibility index (Phi) is 6.53. The molecule has 4 aromatic rings. The van der Waals surface area contributed by atoms with Gasteiger partial charge in [0.15, 0.2) is 5.13 Å². The molecule has 0 atom stereocenters. The highest BCUT2D eigenvalue weighted by molar-refractivity contribution is 7.16. The normalized spacial score (nSPS) is 10.8. The molecule has 2 aromatic carbocycles. The van der Waals surface area contributed by atoms with Crippen LogP contribution in [0.1, 0.15) is 17.4 Å². The molecular formula is C24H23N3O3S2. The monoisotopic (exact) mass is 465 g/mol. The van der Waals surface area contributed by atoms with Crippen molar-refractivity contribution >= 4 is 33.7 Å². The van der Waals surface area contributed by atoms with Crippen LogP contribution in [0.5, 0.6) is 5.75 Å². The third kappa shape index (κ3) is 4.81. The first-order valence-electron chi connectivity index (χ1n) is 10.2. The van der Waals surface area contributed by atoms with Crippen molar-refractivity contribution in [2.75, 3.05) is 11.9 Å². The first kappa shape index (κ1) is 22.0. The van der Waals surface area contributed by atoms with E-state index in [4.69, 9.17) is 4.74 Å². The van der Waals surface area contributed by atoms with E-state index < -0.39 is 0 Å². The van der Waals surface area contributed by atoms with E-state index >= 15 is 0 Å². The molecule has 0 spiro atoms. The molecule has 0 bridgehead atoms. The summed E-state index contributed by atoms with van der Waals surface area (Å²) in [4.78, 5) is 30.5. The highest BCUT2D eigenvalue weighted by Crippen LogP contribution is 2.31. The maximum atomic E-state index is 12.7. The molecule has 1 N–H and O–H groups in total. The Hall–Kier alpha value is -3.23. The van der Waals surface area contributed by atoms with Crippen LogP contribution in [0, 0.1) is 13.8 Å². The number of aromatic nitrogens is 2. The van der Waals surface area contributed by atoms with Gasteiger partial charge in [-0.2, -0.15) is 0 Å². The number of nitrogens with one attached hydrogen (secondary N) is 1. The third-order valence-corrected chi connectivity index (χ3v) is 6.56. The second-order valence-corrected chi connectivity index (χ2v) is 9.29. The molecule has 0 fully saturated rings. The average molecular weight is 466 g/mol. The number of carbonyl (C=O) groups excluding carboxylic acids is 1. The lowest BCUT2D eigenvalue weighted by Crippen LogP contribution is -2.25. The van der Waals surface area contributed by atoms with Crippen LogP contribution < -0.4 is 14.9 Å². The fourth-order valence-corrected chi connectivity index (χ4v) is 4.94. The largest absolute Gasteiger partial charge is 0.494 e. The number of rotatable bonds is 7. The van der Waals surface area contributed by atoms with Crippen LogP contribution in [0.4, 0.5) is 5.13 Å². The van der Waals surface area contributed by atoms with Crippen molar-refractivity contribution in [3.8, 4) is 28.3 Å². The quantitative estimate of drug-likeness (QED) is 0.399. The number of aryl methyl sites for hydroxylation is 2. The van der Waals surface area contributed by atoms with Crippen LogP contribution in [0.3, 0.4) is 0 Å². The minimum absolute atomic E-state index is 0.0669. The first-order chi connectivity index (χ1) is 15.4. The molecule has 2 aromatic heterocycles. The van der Waals surface area contributed by atoms with Crippen molar-refractivity contribution in [1.29, 1.82) is 0 Å². The van der Waals surface area contributed by atoms with Crippen LogP contribution >= 0.6 is 22.7 Å². The summed E-state index contributed by atoms with van der Waals surface area (Å²) in [5.41, 5.74) is 4.56. The smallest absolute Gasteiger partial charge is 0.308 e. The number of ether oxygens (including phenoxy) is 1. The van der Waals surface area contributed by atoms with E-state index in [0.29, 0.717) is 11.7 Å². The van der Waals surface area contributed by atoms with Crippen molar-refractivity contribution in [2.45, 2.75) is 27.3 Å². The second-order valence-electron chi connectivity index (χ2n) is 7.27. The van der Waals surface area contributed by atoms with Gasteiger partial charge in [-0.25, -0.2) is 4.98 Å². The summed E-state index contributed by atoms with van der Waals surface area (Å²) >= 11 is 2.50. The Bertz CT molecular complexity index is 1290. The number of anilines is 1. The van der Waals surface area contributed by atoms with Crippen molar-refractivity contribution in [1.82, 2.24) is 9.55 Å². The van der Waals surface area contributed by atoms with E-state index in [1.54, 1.807) is 5.38 Å². The van der Waals surface area contributed by atoms with E-state index in [1.807, 2.05) is 69.3 Å². The zero-order valence-corrected chi connectivity index (χ0v) is 19.7. The average Bonchev–Trinajstić information content (AvgIpc) is 3.32. The molecule has 1 amide bonds. The summed E-state index contributed by atoms with van der Waals surface area (Å²) < 4.78 is 6.99. The van der Waals surface area contributed by atoms with Crippen LogP contribution in [-0.4, -0.2) is 22.1 Å². The molecule has 0 saturated heterocycles. The molecule has 0 radical (unpaired) electrons. The van der Waals surface area contributed by atoms with Crippen molar-refractivity contribution in [3.05, 3.63) is 74.0 Å². The van der Waals surface area contributed by atoms with Gasteiger partial charge < -0.3 is 10.1 Å². The molecule has 0 aliphatic heterocycles. The van der Waals surface area contributed by atoms with Crippen LogP contribution in [0.25, 0.3) is 22.5 Å². The number of carbonyl (C=O) groups is 1. The number of hydrogen-bond acceptors (Lipinski definition) is 6. The SMILES string of the molecule is CCOc1ccc(-c2nc(NC(=O)Cn3c(-c4ccc(C)cc4)csc3=O)sc2C)cc1. The number of nitrogens with zero attached hydrogens (tertiary/aromatic N) is 2. The van der Waals surface area contributed by atoms with E-state index in [-0.39, 0.29) is 17.3 Å². The zero-order chi connectivity index (χ0) is 22.7. The van der Waals surface area contributed by atoms with E-state index in [0.717, 1.165) is 50.0 Å². The molecule has 2 heterocycles. The van der Waals surface area contributed by atoms with Crippen LogP contribution in [0.15, 0.2) is 58.7 Å². The number of amides is 1. The topological polar surface area (TPSA) is 73.2 Å². The summed E-state index contributed by atoms with van der Waals surface area (Å²) in [6.07, 6.45) is 0. The highest BCUT2D eigenvalue weighted by atomic mass is 32.1. The number of thiazole rings is 2. The Balaban J connectivity index is 1.50. The Morgan fingerprint density at radius 3 is 2.44 bits per heavy atom. The van der Waals surface area contributed by atoms with Gasteiger partial charge in [0, 0.05) is 15.8 Å². The van der Waals surface area contributed by atoms with Crippen molar-refractivity contribution < 1.29 is 9.53 Å². The summed E-state index contributed by atoms with van der Waals surface area (Å²) in [5.74, 6) is 0.522. The van der Waals surface area contributed by atoms with Gasteiger partial charge in [-0.1, -0.05) is 41.2 Å². The van der Waals surface area contributed by atoms with Crippen LogP contribution in [-0.2, 0) is 11.3 Å². The number of hydrogen-bond donors (Lipinski definition) is 1. The van der Waals surface area contributed by atoms with Gasteiger partial charge in [0.05, 0.1) is 18.0 Å². The molecule has 0 aliphatic rings. The lowest BCUT2D eigenvalue weighted by Gasteiger charge is -2.08. The summed E-state index contributed by atoms with van der Waals surface area (Å²) in [6, 6.07) is 15.6. The van der Waals surface area contributed by atoms with Gasteiger partial charge in [0.25, 0.3) is 0 Å². The van der Waals surface area contributed by atoms with Crippen molar-refractivity contribution in [2.24, 2.45) is 0 Å². The van der Waals surface area contributed by atoms with E-state index in [9.17, 15) is 9.59 Å². The van der Waals surface area contributed by atoms with Gasteiger partial charge >= 0.3 is 4.87 Å². The van der Waals surface area contributed by atoms with Gasteiger partial charge in [-0.3, -0.25) is 14.2 Å². The molecule has 0 unspecified atom stereocenters. The molecule has 0 saturated carbocycles. The van der Waals surface area contributed by atoms with Gasteiger partial charge in [-0.15, -0.1) is 11.3 Å². The molecule has 8 heteroatoms. The fourth-order valence-electron chi connectivity index (χ4n) is 3.33. The summed E-state index contributed by atoms with van der Waals surface area (Å²) in [5, 5.41) is 5.15. The zero-order valence-electron chi connectivity index (χ0n) is 18.0. The lowest BCUT2D eigenvalue weighted by molar-refractivity contribution is -0.116. The maximum absolute atomic E-state index is 12.7. The van der Waals surface area contributed by atoms with Gasteiger partial charge in [0.1, 0.15) is 12.3 Å². The molecule has 32 heavy (non-hydrogen) atoms. The Morgan fingerprint density at radius 2 is 1.75 bits per heavy atom.